The first-order valence-electron chi connectivity index (χ1n) is 5.83. The van der Waals surface area contributed by atoms with Crippen LogP contribution in [-0.4, -0.2) is 5.11 Å². The molecule has 2 rings (SSSR count). The Morgan fingerprint density at radius 2 is 1.88 bits per heavy atom. The maximum atomic E-state index is 8.90. The lowest BCUT2D eigenvalue weighted by atomic mass is 10.1. The molecule has 0 spiro atoms. The maximum absolute atomic E-state index is 8.90. The van der Waals surface area contributed by atoms with Crippen LogP contribution in [0.15, 0.2) is 40.8 Å². The van der Waals surface area contributed by atoms with Crippen LogP contribution in [0.3, 0.4) is 0 Å². The van der Waals surface area contributed by atoms with Gasteiger partial charge in [-0.2, -0.15) is 0 Å². The first-order valence-corrected chi connectivity index (χ1v) is 5.83. The lowest BCUT2D eigenvalue weighted by Gasteiger charge is -2.09. The number of aryl methyl sites for hydroxylation is 1. The van der Waals surface area contributed by atoms with Crippen molar-refractivity contribution < 1.29 is 9.52 Å². The third-order valence-electron chi connectivity index (χ3n) is 2.72. The summed E-state index contributed by atoms with van der Waals surface area (Å²) in [5.74, 6) is 1.44. The van der Waals surface area contributed by atoms with Crippen LogP contribution < -0.4 is 5.32 Å². The molecule has 0 amide bonds. The number of anilines is 1. The molecule has 0 aliphatic heterocycles. The van der Waals surface area contributed by atoms with Crippen LogP contribution in [0.2, 0.25) is 0 Å². The highest BCUT2D eigenvalue weighted by molar-refractivity contribution is 5.51. The van der Waals surface area contributed by atoms with Gasteiger partial charge in [-0.15, -0.1) is 0 Å². The molecular formula is C14H17NO2. The van der Waals surface area contributed by atoms with Crippen LogP contribution in [0.4, 0.5) is 5.69 Å². The molecule has 0 radical (unpaired) electrons. The predicted molar refractivity (Wildman–Crippen MR) is 67.8 cm³/mol. The van der Waals surface area contributed by atoms with E-state index in [1.807, 2.05) is 18.2 Å². The van der Waals surface area contributed by atoms with Crippen molar-refractivity contribution in [2.45, 2.75) is 26.5 Å². The molecule has 90 valence electrons. The summed E-state index contributed by atoms with van der Waals surface area (Å²) < 4.78 is 5.42. The van der Waals surface area contributed by atoms with Crippen molar-refractivity contribution >= 4 is 5.69 Å². The van der Waals surface area contributed by atoms with Crippen LogP contribution in [0.25, 0.3) is 0 Å². The lowest BCUT2D eigenvalue weighted by Crippen LogP contribution is -2.00. The van der Waals surface area contributed by atoms with E-state index in [9.17, 15) is 0 Å². The lowest BCUT2D eigenvalue weighted by molar-refractivity contribution is 0.244. The van der Waals surface area contributed by atoms with Crippen LogP contribution in [0, 0.1) is 0 Å². The SMILES string of the molecule is CCc1ccccc1NCc1ccc(CO)o1. The molecule has 0 fully saturated rings. The molecule has 0 saturated heterocycles. The van der Waals surface area contributed by atoms with E-state index in [-0.39, 0.29) is 6.61 Å². The van der Waals surface area contributed by atoms with Crippen molar-refractivity contribution in [3.8, 4) is 0 Å². The standard InChI is InChI=1S/C14H17NO2/c1-2-11-5-3-4-6-14(11)15-9-12-7-8-13(10-16)17-12/h3-8,15-16H,2,9-10H2,1H3. The molecule has 0 atom stereocenters. The molecule has 3 heteroatoms. The van der Waals surface area contributed by atoms with Crippen molar-refractivity contribution in [1.82, 2.24) is 0 Å². The highest BCUT2D eigenvalue weighted by Crippen LogP contribution is 2.17. The minimum Gasteiger partial charge on any atom is -0.462 e. The van der Waals surface area contributed by atoms with Crippen LogP contribution in [0.5, 0.6) is 0 Å². The molecule has 1 aromatic carbocycles. The summed E-state index contributed by atoms with van der Waals surface area (Å²) in [6.45, 7) is 2.72. The molecule has 0 aliphatic rings. The Kier molecular flexibility index (Phi) is 3.83. The Morgan fingerprint density at radius 3 is 2.59 bits per heavy atom. The highest BCUT2D eigenvalue weighted by atomic mass is 16.4. The topological polar surface area (TPSA) is 45.4 Å². The minimum atomic E-state index is -0.0501. The van der Waals surface area contributed by atoms with Crippen LogP contribution >= 0.6 is 0 Å². The van der Waals surface area contributed by atoms with Crippen LogP contribution in [-0.2, 0) is 19.6 Å². The van der Waals surface area contributed by atoms with E-state index in [2.05, 4.69) is 24.4 Å². The monoisotopic (exact) mass is 231 g/mol. The minimum absolute atomic E-state index is 0.0501. The summed E-state index contributed by atoms with van der Waals surface area (Å²) in [5.41, 5.74) is 2.43. The largest absolute Gasteiger partial charge is 0.462 e. The third-order valence-corrected chi connectivity index (χ3v) is 2.72. The van der Waals surface area contributed by atoms with Crippen molar-refractivity contribution in [3.05, 3.63) is 53.5 Å². The fraction of sp³-hybridized carbons (Fsp3) is 0.286. The average Bonchev–Trinajstić information content (AvgIpc) is 2.84. The number of aliphatic hydroxyl groups is 1. The zero-order valence-corrected chi connectivity index (χ0v) is 9.94. The Balaban J connectivity index is 2.01. The first-order chi connectivity index (χ1) is 8.33. The van der Waals surface area contributed by atoms with E-state index < -0.39 is 0 Å². The highest BCUT2D eigenvalue weighted by Gasteiger charge is 2.02. The van der Waals surface area contributed by atoms with E-state index in [0.29, 0.717) is 12.3 Å². The Hall–Kier alpha value is -1.74. The Morgan fingerprint density at radius 1 is 1.12 bits per heavy atom. The Labute approximate surface area is 101 Å². The predicted octanol–water partition coefficient (Wildman–Crippen LogP) is 2.95. The quantitative estimate of drug-likeness (QED) is 0.831. The number of benzene rings is 1. The van der Waals surface area contributed by atoms with E-state index in [1.165, 1.54) is 5.56 Å². The van der Waals surface area contributed by atoms with Gasteiger partial charge in [0.1, 0.15) is 18.1 Å². The second kappa shape index (κ2) is 5.55. The van der Waals surface area contributed by atoms with E-state index in [0.717, 1.165) is 17.9 Å². The number of para-hydroxylation sites is 1. The van der Waals surface area contributed by atoms with Crippen LogP contribution in [0.1, 0.15) is 24.0 Å². The van der Waals surface area contributed by atoms with Gasteiger partial charge in [-0.1, -0.05) is 25.1 Å². The fourth-order valence-electron chi connectivity index (χ4n) is 1.79. The van der Waals surface area contributed by atoms with Gasteiger partial charge in [0.25, 0.3) is 0 Å². The van der Waals surface area contributed by atoms with Gasteiger partial charge in [0.15, 0.2) is 0 Å². The van der Waals surface area contributed by atoms with Gasteiger partial charge in [-0.3, -0.25) is 0 Å². The van der Waals surface area contributed by atoms with Gasteiger partial charge < -0.3 is 14.8 Å². The zero-order chi connectivity index (χ0) is 12.1. The summed E-state index contributed by atoms with van der Waals surface area (Å²) in [6, 6.07) is 11.9. The maximum Gasteiger partial charge on any atom is 0.129 e. The third kappa shape index (κ3) is 2.88. The van der Waals surface area contributed by atoms with E-state index >= 15 is 0 Å². The average molecular weight is 231 g/mol. The molecule has 0 aliphatic carbocycles. The zero-order valence-electron chi connectivity index (χ0n) is 9.94. The van der Waals surface area contributed by atoms with E-state index in [4.69, 9.17) is 9.52 Å². The molecule has 1 aromatic heterocycles. The van der Waals surface area contributed by atoms with E-state index in [1.54, 1.807) is 6.07 Å². The van der Waals surface area contributed by atoms with Crippen molar-refractivity contribution in [3.63, 3.8) is 0 Å². The molecule has 17 heavy (non-hydrogen) atoms. The normalized spacial score (nSPS) is 10.5. The van der Waals surface area contributed by atoms with Crippen molar-refractivity contribution in [2.75, 3.05) is 5.32 Å². The van der Waals surface area contributed by atoms with Gasteiger partial charge in [0.2, 0.25) is 0 Å². The first kappa shape index (κ1) is 11.7. The van der Waals surface area contributed by atoms with Gasteiger partial charge in [0.05, 0.1) is 6.54 Å². The molecule has 0 unspecified atom stereocenters. The molecular weight excluding hydrogens is 214 g/mol. The molecule has 0 saturated carbocycles. The summed E-state index contributed by atoms with van der Waals surface area (Å²) in [5, 5.41) is 12.2. The summed E-state index contributed by atoms with van der Waals surface area (Å²) in [7, 11) is 0. The second-order valence-electron chi connectivity index (χ2n) is 3.89. The number of hydrogen-bond acceptors (Lipinski definition) is 3. The van der Waals surface area contributed by atoms with Gasteiger partial charge in [0, 0.05) is 5.69 Å². The van der Waals surface area contributed by atoms with Gasteiger partial charge in [-0.05, 0) is 30.2 Å². The number of furan rings is 1. The summed E-state index contributed by atoms with van der Waals surface area (Å²) in [4.78, 5) is 0. The summed E-state index contributed by atoms with van der Waals surface area (Å²) in [6.07, 6.45) is 1.00. The molecule has 2 N–H and O–H groups in total. The van der Waals surface area contributed by atoms with Gasteiger partial charge >= 0.3 is 0 Å². The van der Waals surface area contributed by atoms with Gasteiger partial charge in [-0.25, -0.2) is 0 Å². The Bertz CT molecular complexity index is 477. The number of rotatable bonds is 5. The molecule has 1 heterocycles. The molecule has 0 bridgehead atoms. The number of nitrogens with one attached hydrogen (secondary N) is 1. The van der Waals surface area contributed by atoms with Crippen molar-refractivity contribution in [1.29, 1.82) is 0 Å². The molecule has 2 aromatic rings. The van der Waals surface area contributed by atoms with Crippen molar-refractivity contribution in [2.24, 2.45) is 0 Å². The second-order valence-corrected chi connectivity index (χ2v) is 3.89. The number of hydrogen-bond donors (Lipinski definition) is 2. The fourth-order valence-corrected chi connectivity index (χ4v) is 1.79. The number of aliphatic hydroxyl groups excluding tert-OH is 1. The smallest absolute Gasteiger partial charge is 0.129 e. The molecule has 3 nitrogen and oxygen atoms in total. The summed E-state index contributed by atoms with van der Waals surface area (Å²) >= 11 is 0.